The van der Waals surface area contributed by atoms with E-state index in [-0.39, 0.29) is 0 Å². The molecule has 0 aliphatic heterocycles. The molecule has 2 amide bonds. The van der Waals surface area contributed by atoms with Crippen LogP contribution in [0.4, 0.5) is 23.7 Å². The normalized spacial score (nSPS) is 11.2. The van der Waals surface area contributed by atoms with Crippen LogP contribution in [0.3, 0.4) is 0 Å². The van der Waals surface area contributed by atoms with Gasteiger partial charge in [0.05, 0.1) is 5.56 Å². The summed E-state index contributed by atoms with van der Waals surface area (Å²) < 4.78 is 37.1. The highest BCUT2D eigenvalue weighted by Gasteiger charge is 2.29. The fourth-order valence-electron chi connectivity index (χ4n) is 1.74. The van der Waals surface area contributed by atoms with Crippen LogP contribution < -0.4 is 16.4 Å². The number of nitrogens with two attached hydrogens (primary N) is 1. The molecular weight excluding hydrogens is 283 g/mol. The molecule has 0 fully saturated rings. The summed E-state index contributed by atoms with van der Waals surface area (Å²) in [6.45, 7) is 1.19. The lowest BCUT2D eigenvalue weighted by molar-refractivity contribution is -0.137. The third kappa shape index (κ3) is 6.99. The van der Waals surface area contributed by atoms with Crippen molar-refractivity contribution in [2.24, 2.45) is 5.73 Å². The van der Waals surface area contributed by atoms with Gasteiger partial charge in [-0.15, -0.1) is 0 Å². The van der Waals surface area contributed by atoms with Crippen LogP contribution in [-0.4, -0.2) is 19.1 Å². The van der Waals surface area contributed by atoms with Crippen molar-refractivity contribution >= 4 is 11.7 Å². The number of carbonyl (C=O) groups excluding carboxylic acids is 1. The Morgan fingerprint density at radius 1 is 1.05 bits per heavy atom. The van der Waals surface area contributed by atoms with Gasteiger partial charge in [-0.2, -0.15) is 13.2 Å². The van der Waals surface area contributed by atoms with E-state index in [0.717, 1.165) is 37.8 Å². The molecule has 0 saturated carbocycles. The maximum Gasteiger partial charge on any atom is 0.416 e. The fourth-order valence-corrected chi connectivity index (χ4v) is 1.74. The molecule has 0 saturated heterocycles. The lowest BCUT2D eigenvalue weighted by Crippen LogP contribution is -2.29. The third-order valence-electron chi connectivity index (χ3n) is 2.89. The van der Waals surface area contributed by atoms with E-state index in [1.54, 1.807) is 0 Å². The smallest absolute Gasteiger partial charge is 0.338 e. The number of unbranched alkanes of at least 4 members (excludes halogenated alkanes) is 3. The molecule has 7 heteroatoms. The average molecular weight is 303 g/mol. The molecular formula is C14H20F3N3O. The molecule has 0 aliphatic rings. The highest BCUT2D eigenvalue weighted by molar-refractivity contribution is 5.89. The molecule has 1 aromatic carbocycles. The van der Waals surface area contributed by atoms with Gasteiger partial charge in [0.15, 0.2) is 0 Å². The quantitative estimate of drug-likeness (QED) is 0.676. The Morgan fingerprint density at radius 2 is 1.67 bits per heavy atom. The molecule has 21 heavy (non-hydrogen) atoms. The largest absolute Gasteiger partial charge is 0.416 e. The molecule has 0 aromatic heterocycles. The van der Waals surface area contributed by atoms with Crippen molar-refractivity contribution in [3.05, 3.63) is 29.8 Å². The number of hydrogen-bond acceptors (Lipinski definition) is 2. The molecule has 0 aliphatic carbocycles. The Labute approximate surface area is 121 Å². The first-order valence-electron chi connectivity index (χ1n) is 6.85. The zero-order valence-electron chi connectivity index (χ0n) is 11.7. The molecule has 0 spiro atoms. The van der Waals surface area contributed by atoms with Crippen molar-refractivity contribution in [1.82, 2.24) is 5.32 Å². The van der Waals surface area contributed by atoms with E-state index in [9.17, 15) is 18.0 Å². The van der Waals surface area contributed by atoms with Crippen molar-refractivity contribution in [2.45, 2.75) is 31.9 Å². The predicted molar refractivity (Wildman–Crippen MR) is 76.0 cm³/mol. The number of amides is 2. The summed E-state index contributed by atoms with van der Waals surface area (Å²) in [6, 6.07) is 3.90. The van der Waals surface area contributed by atoms with Gasteiger partial charge in [-0.25, -0.2) is 4.79 Å². The van der Waals surface area contributed by atoms with Crippen molar-refractivity contribution in [2.75, 3.05) is 18.4 Å². The number of anilines is 1. The zero-order chi connectivity index (χ0) is 15.7. The van der Waals surface area contributed by atoms with Crippen LogP contribution in [0.25, 0.3) is 0 Å². The van der Waals surface area contributed by atoms with E-state index < -0.39 is 17.8 Å². The van der Waals surface area contributed by atoms with Crippen LogP contribution in [0.2, 0.25) is 0 Å². The van der Waals surface area contributed by atoms with Crippen LogP contribution in [0.15, 0.2) is 24.3 Å². The lowest BCUT2D eigenvalue weighted by Gasteiger charge is -2.09. The Balaban J connectivity index is 2.28. The van der Waals surface area contributed by atoms with Gasteiger partial charge in [-0.3, -0.25) is 0 Å². The maximum absolute atomic E-state index is 12.4. The van der Waals surface area contributed by atoms with Crippen molar-refractivity contribution in [3.8, 4) is 0 Å². The van der Waals surface area contributed by atoms with E-state index in [2.05, 4.69) is 10.6 Å². The standard InChI is InChI=1S/C14H20F3N3O/c15-14(16,17)11-5-7-12(8-6-11)20-13(21)19-10-4-2-1-3-9-18/h5-8H,1-4,9-10,18H2,(H2,19,20,21). The number of carbonyl (C=O) groups is 1. The zero-order valence-corrected chi connectivity index (χ0v) is 11.7. The van der Waals surface area contributed by atoms with Gasteiger partial charge in [-0.05, 0) is 43.7 Å². The minimum atomic E-state index is -4.37. The van der Waals surface area contributed by atoms with Gasteiger partial charge in [0.25, 0.3) is 0 Å². The highest BCUT2D eigenvalue weighted by Crippen LogP contribution is 2.29. The van der Waals surface area contributed by atoms with Gasteiger partial charge in [-0.1, -0.05) is 12.8 Å². The second-order valence-corrected chi connectivity index (χ2v) is 4.66. The summed E-state index contributed by atoms with van der Waals surface area (Å²) in [5, 5.41) is 5.13. The Bertz CT molecular complexity index is 432. The number of alkyl halides is 3. The van der Waals surface area contributed by atoms with E-state index in [0.29, 0.717) is 18.8 Å². The lowest BCUT2D eigenvalue weighted by atomic mass is 10.2. The number of halogens is 3. The summed E-state index contributed by atoms with van der Waals surface area (Å²) in [6.07, 6.45) is -0.543. The molecule has 4 N–H and O–H groups in total. The minimum Gasteiger partial charge on any atom is -0.338 e. The summed E-state index contributed by atoms with van der Waals surface area (Å²) >= 11 is 0. The third-order valence-corrected chi connectivity index (χ3v) is 2.89. The molecule has 0 radical (unpaired) electrons. The molecule has 1 aromatic rings. The first-order valence-corrected chi connectivity index (χ1v) is 6.85. The molecule has 118 valence electrons. The number of benzene rings is 1. The van der Waals surface area contributed by atoms with E-state index >= 15 is 0 Å². The van der Waals surface area contributed by atoms with Gasteiger partial charge in [0, 0.05) is 12.2 Å². The summed E-state index contributed by atoms with van der Waals surface area (Å²) in [5.41, 5.74) is 4.95. The summed E-state index contributed by atoms with van der Waals surface area (Å²) in [4.78, 5) is 11.5. The van der Waals surface area contributed by atoms with Crippen molar-refractivity contribution in [1.29, 1.82) is 0 Å². The van der Waals surface area contributed by atoms with Gasteiger partial charge < -0.3 is 16.4 Å². The molecule has 0 heterocycles. The van der Waals surface area contributed by atoms with Gasteiger partial charge in [0.1, 0.15) is 0 Å². The Hall–Kier alpha value is -1.76. The second kappa shape index (κ2) is 8.51. The van der Waals surface area contributed by atoms with E-state index in [1.165, 1.54) is 12.1 Å². The van der Waals surface area contributed by atoms with Crippen LogP contribution in [0, 0.1) is 0 Å². The Morgan fingerprint density at radius 3 is 2.24 bits per heavy atom. The maximum atomic E-state index is 12.4. The molecule has 1 rings (SSSR count). The molecule has 0 bridgehead atoms. The van der Waals surface area contributed by atoms with Crippen LogP contribution in [0.5, 0.6) is 0 Å². The summed E-state index contributed by atoms with van der Waals surface area (Å²) in [7, 11) is 0. The molecule has 0 unspecified atom stereocenters. The SMILES string of the molecule is NCCCCCCNC(=O)Nc1ccc(C(F)(F)F)cc1. The Kier molecular flexibility index (Phi) is 7.01. The number of nitrogens with one attached hydrogen (secondary N) is 2. The monoisotopic (exact) mass is 303 g/mol. The number of rotatable bonds is 7. The van der Waals surface area contributed by atoms with Crippen LogP contribution >= 0.6 is 0 Å². The summed E-state index contributed by atoms with van der Waals surface area (Å²) in [5.74, 6) is 0. The predicted octanol–water partition coefficient (Wildman–Crippen LogP) is 3.35. The number of hydrogen-bond donors (Lipinski definition) is 3. The van der Waals surface area contributed by atoms with Crippen LogP contribution in [0.1, 0.15) is 31.2 Å². The van der Waals surface area contributed by atoms with Crippen molar-refractivity contribution in [3.63, 3.8) is 0 Å². The average Bonchev–Trinajstić information content (AvgIpc) is 2.42. The number of urea groups is 1. The topological polar surface area (TPSA) is 67.1 Å². The highest BCUT2D eigenvalue weighted by atomic mass is 19.4. The fraction of sp³-hybridized carbons (Fsp3) is 0.500. The van der Waals surface area contributed by atoms with E-state index in [4.69, 9.17) is 5.73 Å². The van der Waals surface area contributed by atoms with E-state index in [1.807, 2.05) is 0 Å². The second-order valence-electron chi connectivity index (χ2n) is 4.66. The molecule has 0 atom stereocenters. The molecule has 4 nitrogen and oxygen atoms in total. The van der Waals surface area contributed by atoms with Gasteiger partial charge >= 0.3 is 12.2 Å². The first kappa shape index (κ1) is 17.3. The van der Waals surface area contributed by atoms with Crippen LogP contribution in [-0.2, 0) is 6.18 Å². The van der Waals surface area contributed by atoms with Crippen molar-refractivity contribution < 1.29 is 18.0 Å². The minimum absolute atomic E-state index is 0.323. The first-order chi connectivity index (χ1) is 9.93. The van der Waals surface area contributed by atoms with Gasteiger partial charge in [0.2, 0.25) is 0 Å².